The summed E-state index contributed by atoms with van der Waals surface area (Å²) < 4.78 is 5.44. The minimum Gasteiger partial charge on any atom is -0.478 e. The van der Waals surface area contributed by atoms with Crippen molar-refractivity contribution in [1.82, 2.24) is 10.2 Å². The number of aromatic carboxylic acids is 1. The molecule has 0 radical (unpaired) electrons. The minimum absolute atomic E-state index is 0.0555. The topological polar surface area (TPSA) is 95.9 Å². The summed E-state index contributed by atoms with van der Waals surface area (Å²) in [5, 5.41) is 13.2. The molecule has 7 heteroatoms. The number of likely N-dealkylation sites (tertiary alicyclic amines) is 1. The van der Waals surface area contributed by atoms with Crippen LogP contribution in [0.5, 0.6) is 0 Å². The highest BCUT2D eigenvalue weighted by Crippen LogP contribution is 2.45. The van der Waals surface area contributed by atoms with Crippen molar-refractivity contribution in [3.8, 4) is 0 Å². The zero-order valence-corrected chi connectivity index (χ0v) is 16.7. The number of carbonyl (C=O) groups excluding carboxylic acids is 2. The normalized spacial score (nSPS) is 25.6. The van der Waals surface area contributed by atoms with Gasteiger partial charge in [0.15, 0.2) is 0 Å². The fourth-order valence-electron chi connectivity index (χ4n) is 4.77. The van der Waals surface area contributed by atoms with Crippen LogP contribution in [0.15, 0.2) is 54.6 Å². The summed E-state index contributed by atoms with van der Waals surface area (Å²) in [5.74, 6) is -1.46. The Hall–Kier alpha value is -3.19. The maximum Gasteiger partial charge on any atom is 0.336 e. The van der Waals surface area contributed by atoms with Crippen LogP contribution in [0, 0.1) is 0 Å². The fraction of sp³-hybridized carbons (Fsp3) is 0.348. The zero-order chi connectivity index (χ0) is 21.3. The van der Waals surface area contributed by atoms with E-state index in [1.807, 2.05) is 30.3 Å². The number of carboxylic acid groups (broad SMARTS) is 1. The Balaban J connectivity index is 1.76. The van der Waals surface area contributed by atoms with E-state index >= 15 is 0 Å². The van der Waals surface area contributed by atoms with E-state index < -0.39 is 11.5 Å². The molecule has 0 aromatic heterocycles. The van der Waals surface area contributed by atoms with Crippen LogP contribution >= 0.6 is 0 Å². The lowest BCUT2D eigenvalue weighted by molar-refractivity contribution is -0.149. The number of carbonyl (C=O) groups is 3. The predicted molar refractivity (Wildman–Crippen MR) is 109 cm³/mol. The second-order valence-corrected chi connectivity index (χ2v) is 7.87. The molecule has 0 spiro atoms. The van der Waals surface area contributed by atoms with Gasteiger partial charge in [-0.15, -0.1) is 0 Å². The first kappa shape index (κ1) is 20.1. The summed E-state index contributed by atoms with van der Waals surface area (Å²) >= 11 is 0. The fourth-order valence-corrected chi connectivity index (χ4v) is 4.77. The molecule has 7 nitrogen and oxygen atoms in total. The van der Waals surface area contributed by atoms with Crippen molar-refractivity contribution in [3.05, 3.63) is 71.3 Å². The predicted octanol–water partition coefficient (Wildman–Crippen LogP) is 2.31. The molecule has 2 heterocycles. The molecule has 1 unspecified atom stereocenters. The van der Waals surface area contributed by atoms with Crippen LogP contribution in [0.1, 0.15) is 41.3 Å². The van der Waals surface area contributed by atoms with Crippen molar-refractivity contribution in [2.75, 3.05) is 6.54 Å². The van der Waals surface area contributed by atoms with Crippen LogP contribution in [0.2, 0.25) is 0 Å². The molecule has 2 fully saturated rings. The molecular weight excluding hydrogens is 384 g/mol. The van der Waals surface area contributed by atoms with E-state index in [2.05, 4.69) is 5.32 Å². The number of piperidine rings is 1. The maximum atomic E-state index is 13.2. The van der Waals surface area contributed by atoms with Crippen LogP contribution < -0.4 is 5.32 Å². The highest BCUT2D eigenvalue weighted by Gasteiger charge is 2.56. The van der Waals surface area contributed by atoms with Crippen LogP contribution in [-0.2, 0) is 26.4 Å². The Kier molecular flexibility index (Phi) is 5.30. The van der Waals surface area contributed by atoms with Gasteiger partial charge in [0.25, 0.3) is 0 Å². The van der Waals surface area contributed by atoms with E-state index in [9.17, 15) is 19.5 Å². The number of amides is 1. The molecule has 2 saturated heterocycles. The smallest absolute Gasteiger partial charge is 0.336 e. The molecule has 0 aliphatic carbocycles. The van der Waals surface area contributed by atoms with Crippen LogP contribution in [-0.4, -0.2) is 46.5 Å². The number of nitrogens with one attached hydrogen (secondary N) is 1. The van der Waals surface area contributed by atoms with Crippen molar-refractivity contribution < 1.29 is 24.2 Å². The highest BCUT2D eigenvalue weighted by molar-refractivity contribution is 5.91. The van der Waals surface area contributed by atoms with E-state index in [1.54, 1.807) is 29.2 Å². The lowest BCUT2D eigenvalue weighted by atomic mass is 9.75. The average Bonchev–Trinajstić information content (AvgIpc) is 3.00. The first-order chi connectivity index (χ1) is 14.4. The van der Waals surface area contributed by atoms with Gasteiger partial charge < -0.3 is 20.1 Å². The number of nitrogens with zero attached hydrogens (tertiary/aromatic N) is 1. The molecule has 2 aliphatic rings. The molecule has 0 bridgehead atoms. The van der Waals surface area contributed by atoms with Gasteiger partial charge in [-0.05, 0) is 17.2 Å². The van der Waals surface area contributed by atoms with Gasteiger partial charge in [-0.1, -0.05) is 48.5 Å². The molecule has 0 saturated carbocycles. The Morgan fingerprint density at radius 1 is 1.17 bits per heavy atom. The number of esters is 1. The van der Waals surface area contributed by atoms with Gasteiger partial charge in [-0.3, -0.25) is 9.59 Å². The highest BCUT2D eigenvalue weighted by atomic mass is 16.5. The molecule has 2 aromatic rings. The van der Waals surface area contributed by atoms with Crippen molar-refractivity contribution >= 4 is 17.8 Å². The lowest BCUT2D eigenvalue weighted by Crippen LogP contribution is -2.60. The second kappa shape index (κ2) is 7.91. The van der Waals surface area contributed by atoms with Gasteiger partial charge in [0.1, 0.15) is 6.10 Å². The Morgan fingerprint density at radius 2 is 1.87 bits per heavy atom. The van der Waals surface area contributed by atoms with Crippen molar-refractivity contribution in [3.63, 3.8) is 0 Å². The third kappa shape index (κ3) is 3.57. The quantitative estimate of drug-likeness (QED) is 0.737. The van der Waals surface area contributed by atoms with E-state index in [0.717, 1.165) is 5.56 Å². The monoisotopic (exact) mass is 408 g/mol. The van der Waals surface area contributed by atoms with Gasteiger partial charge in [0.05, 0.1) is 23.6 Å². The summed E-state index contributed by atoms with van der Waals surface area (Å²) in [6, 6.07) is 16.1. The van der Waals surface area contributed by atoms with E-state index in [4.69, 9.17) is 4.74 Å². The lowest BCUT2D eigenvalue weighted by Gasteiger charge is -2.45. The summed E-state index contributed by atoms with van der Waals surface area (Å²) in [6.45, 7) is 2.13. The third-order valence-corrected chi connectivity index (χ3v) is 5.99. The SMILES string of the molecule is CC(=O)O[C@@H]1CN[C@]2(c3ccccc3C(=O)O)CC(=O)N(Cc3ccccc3)C2C1. The Labute approximate surface area is 174 Å². The number of carboxylic acids is 1. The number of rotatable bonds is 5. The summed E-state index contributed by atoms with van der Waals surface area (Å²) in [5.41, 5.74) is 0.906. The van der Waals surface area contributed by atoms with Crippen LogP contribution in [0.4, 0.5) is 0 Å². The molecule has 2 aromatic carbocycles. The second-order valence-electron chi connectivity index (χ2n) is 7.87. The van der Waals surface area contributed by atoms with Gasteiger partial charge in [0, 0.05) is 26.4 Å². The minimum atomic E-state index is -1.03. The average molecular weight is 408 g/mol. The molecule has 2 aliphatic heterocycles. The summed E-state index contributed by atoms with van der Waals surface area (Å²) in [6.07, 6.45) is 0.211. The van der Waals surface area contributed by atoms with Gasteiger partial charge in [-0.25, -0.2) is 4.79 Å². The van der Waals surface area contributed by atoms with Gasteiger partial charge in [-0.2, -0.15) is 0 Å². The first-order valence-corrected chi connectivity index (χ1v) is 9.99. The molecule has 156 valence electrons. The largest absolute Gasteiger partial charge is 0.478 e. The van der Waals surface area contributed by atoms with Crippen molar-refractivity contribution in [2.24, 2.45) is 0 Å². The number of ether oxygens (including phenoxy) is 1. The molecule has 4 rings (SSSR count). The molecule has 2 N–H and O–H groups in total. The van der Waals surface area contributed by atoms with Crippen molar-refractivity contribution in [1.29, 1.82) is 0 Å². The third-order valence-electron chi connectivity index (χ3n) is 5.99. The van der Waals surface area contributed by atoms with Crippen LogP contribution in [0.3, 0.4) is 0 Å². The van der Waals surface area contributed by atoms with Gasteiger partial charge >= 0.3 is 11.9 Å². The maximum absolute atomic E-state index is 13.2. The zero-order valence-electron chi connectivity index (χ0n) is 16.7. The Bertz CT molecular complexity index is 977. The molecular formula is C23H24N2O5. The number of fused-ring (bicyclic) bond motifs is 1. The molecule has 30 heavy (non-hydrogen) atoms. The summed E-state index contributed by atoms with van der Waals surface area (Å²) in [7, 11) is 0. The molecule has 1 amide bonds. The van der Waals surface area contributed by atoms with E-state index in [1.165, 1.54) is 6.92 Å². The first-order valence-electron chi connectivity index (χ1n) is 9.99. The number of hydrogen-bond acceptors (Lipinski definition) is 5. The van der Waals surface area contributed by atoms with Crippen LogP contribution in [0.25, 0.3) is 0 Å². The number of benzene rings is 2. The van der Waals surface area contributed by atoms with E-state index in [-0.39, 0.29) is 36.0 Å². The standard InChI is InChI=1S/C23H24N2O5/c1-15(26)30-17-11-20-23(24-13-17,19-10-6-5-9-18(19)22(28)29)12-21(27)25(20)14-16-7-3-2-4-8-16/h2-10,17,20,24H,11-14H2,1H3,(H,28,29)/t17-,20?,23-/m0/s1. The van der Waals surface area contributed by atoms with Gasteiger partial charge in [0.2, 0.25) is 5.91 Å². The number of hydrogen-bond donors (Lipinski definition) is 2. The van der Waals surface area contributed by atoms with E-state index in [0.29, 0.717) is 25.1 Å². The molecule has 3 atom stereocenters. The Morgan fingerprint density at radius 3 is 2.57 bits per heavy atom. The summed E-state index contributed by atoms with van der Waals surface area (Å²) in [4.78, 5) is 38.4. The van der Waals surface area contributed by atoms with Crippen molar-refractivity contribution in [2.45, 2.75) is 44.0 Å².